The predicted octanol–water partition coefficient (Wildman–Crippen LogP) is 3.67. The third-order valence-corrected chi connectivity index (χ3v) is 5.06. The van der Waals surface area contributed by atoms with Crippen molar-refractivity contribution in [2.75, 3.05) is 41.3 Å². The first-order chi connectivity index (χ1) is 14.1. The van der Waals surface area contributed by atoms with Gasteiger partial charge in [-0.25, -0.2) is 9.97 Å². The minimum atomic E-state index is -0.217. The first kappa shape index (κ1) is 18.9. The minimum Gasteiger partial charge on any atom is -0.368 e. The SMILES string of the molecule is Cc1cccc(NC(=O)c2cc(N3CCN(c4ccccc4)CC3)nc(C)n2)c1. The molecule has 0 spiro atoms. The predicted molar refractivity (Wildman–Crippen MR) is 117 cm³/mol. The number of nitrogens with one attached hydrogen (secondary N) is 1. The molecule has 1 aliphatic heterocycles. The molecule has 0 saturated carbocycles. The Morgan fingerprint density at radius 2 is 1.59 bits per heavy atom. The highest BCUT2D eigenvalue weighted by molar-refractivity contribution is 6.03. The molecule has 148 valence electrons. The smallest absolute Gasteiger partial charge is 0.274 e. The lowest BCUT2D eigenvalue weighted by atomic mass is 10.2. The van der Waals surface area contributed by atoms with Gasteiger partial charge in [-0.05, 0) is 43.7 Å². The van der Waals surface area contributed by atoms with Crippen LogP contribution >= 0.6 is 0 Å². The summed E-state index contributed by atoms with van der Waals surface area (Å²) >= 11 is 0. The molecule has 3 aromatic rings. The topological polar surface area (TPSA) is 61.4 Å². The molecular weight excluding hydrogens is 362 g/mol. The Labute approximate surface area is 171 Å². The Kier molecular flexibility index (Phi) is 5.42. The molecule has 29 heavy (non-hydrogen) atoms. The van der Waals surface area contributed by atoms with Gasteiger partial charge >= 0.3 is 0 Å². The Morgan fingerprint density at radius 3 is 2.31 bits per heavy atom. The summed E-state index contributed by atoms with van der Waals surface area (Å²) in [6.07, 6.45) is 0. The maximum Gasteiger partial charge on any atom is 0.274 e. The Balaban J connectivity index is 1.46. The quantitative estimate of drug-likeness (QED) is 0.740. The van der Waals surface area contributed by atoms with Crippen molar-refractivity contribution in [1.82, 2.24) is 9.97 Å². The second kappa shape index (κ2) is 8.31. The second-order valence-corrected chi connectivity index (χ2v) is 7.29. The van der Waals surface area contributed by atoms with E-state index in [0.717, 1.165) is 43.2 Å². The van der Waals surface area contributed by atoms with Crippen molar-refractivity contribution in [3.05, 3.63) is 77.7 Å². The Hall–Kier alpha value is -3.41. The van der Waals surface area contributed by atoms with Crippen LogP contribution in [0.4, 0.5) is 17.2 Å². The number of hydrogen-bond donors (Lipinski definition) is 1. The molecule has 0 aliphatic carbocycles. The zero-order valence-corrected chi connectivity index (χ0v) is 16.8. The maximum atomic E-state index is 12.7. The zero-order chi connectivity index (χ0) is 20.2. The number of amides is 1. The first-order valence-corrected chi connectivity index (χ1v) is 9.87. The number of benzene rings is 2. The third-order valence-electron chi connectivity index (χ3n) is 5.06. The number of aromatic nitrogens is 2. The van der Waals surface area contributed by atoms with Crippen molar-refractivity contribution in [2.24, 2.45) is 0 Å². The van der Waals surface area contributed by atoms with Gasteiger partial charge in [0.1, 0.15) is 17.3 Å². The summed E-state index contributed by atoms with van der Waals surface area (Å²) in [5, 5.41) is 2.93. The average molecular weight is 387 g/mol. The van der Waals surface area contributed by atoms with Gasteiger partial charge in [-0.2, -0.15) is 0 Å². The van der Waals surface area contributed by atoms with Gasteiger partial charge in [-0.15, -0.1) is 0 Å². The summed E-state index contributed by atoms with van der Waals surface area (Å²) in [4.78, 5) is 26.2. The Morgan fingerprint density at radius 1 is 0.862 bits per heavy atom. The molecule has 6 heteroatoms. The number of nitrogens with zero attached hydrogens (tertiary/aromatic N) is 4. The average Bonchev–Trinajstić information content (AvgIpc) is 2.74. The van der Waals surface area contributed by atoms with Crippen LogP contribution in [0.3, 0.4) is 0 Å². The van der Waals surface area contributed by atoms with E-state index in [-0.39, 0.29) is 5.91 Å². The lowest BCUT2D eigenvalue weighted by Gasteiger charge is -2.36. The largest absolute Gasteiger partial charge is 0.368 e. The third kappa shape index (κ3) is 4.54. The van der Waals surface area contributed by atoms with Crippen LogP contribution in [-0.4, -0.2) is 42.1 Å². The summed E-state index contributed by atoms with van der Waals surface area (Å²) in [5.41, 5.74) is 3.49. The standard InChI is InChI=1S/C23H25N5O/c1-17-7-6-8-19(15-17)26-23(29)21-16-22(25-18(2)24-21)28-13-11-27(12-14-28)20-9-4-3-5-10-20/h3-10,15-16H,11-14H2,1-2H3,(H,26,29). The summed E-state index contributed by atoms with van der Waals surface area (Å²) in [5.74, 6) is 1.19. The highest BCUT2D eigenvalue weighted by atomic mass is 16.1. The minimum absolute atomic E-state index is 0.217. The van der Waals surface area contributed by atoms with Crippen LogP contribution in [0.15, 0.2) is 60.7 Å². The van der Waals surface area contributed by atoms with E-state index in [2.05, 4.69) is 49.4 Å². The first-order valence-electron chi connectivity index (χ1n) is 9.87. The van der Waals surface area contributed by atoms with E-state index in [9.17, 15) is 4.79 Å². The molecule has 2 heterocycles. The lowest BCUT2D eigenvalue weighted by molar-refractivity contribution is 0.102. The van der Waals surface area contributed by atoms with Gasteiger partial charge in [-0.1, -0.05) is 30.3 Å². The van der Waals surface area contributed by atoms with Gasteiger partial charge in [0, 0.05) is 43.6 Å². The van der Waals surface area contributed by atoms with Gasteiger partial charge in [0.25, 0.3) is 5.91 Å². The number of carbonyl (C=O) groups is 1. The Bertz CT molecular complexity index is 997. The van der Waals surface area contributed by atoms with Gasteiger partial charge in [0.15, 0.2) is 0 Å². The van der Waals surface area contributed by atoms with Crippen LogP contribution < -0.4 is 15.1 Å². The maximum absolute atomic E-state index is 12.7. The fraction of sp³-hybridized carbons (Fsp3) is 0.261. The summed E-state index contributed by atoms with van der Waals surface area (Å²) in [6.45, 7) is 7.36. The fourth-order valence-corrected chi connectivity index (χ4v) is 3.58. The van der Waals surface area contributed by atoms with E-state index in [4.69, 9.17) is 0 Å². The summed E-state index contributed by atoms with van der Waals surface area (Å²) in [6, 6.07) is 20.0. The van der Waals surface area contributed by atoms with Crippen molar-refractivity contribution in [2.45, 2.75) is 13.8 Å². The van der Waals surface area contributed by atoms with Crippen molar-refractivity contribution < 1.29 is 4.79 Å². The molecule has 1 aliphatic rings. The molecule has 1 aromatic heterocycles. The highest BCUT2D eigenvalue weighted by Crippen LogP contribution is 2.20. The fourth-order valence-electron chi connectivity index (χ4n) is 3.58. The summed E-state index contributed by atoms with van der Waals surface area (Å²) < 4.78 is 0. The molecule has 1 N–H and O–H groups in total. The number of rotatable bonds is 4. The lowest BCUT2D eigenvalue weighted by Crippen LogP contribution is -2.47. The van der Waals surface area contributed by atoms with Gasteiger partial charge in [0.05, 0.1) is 0 Å². The number of aryl methyl sites for hydroxylation is 2. The molecule has 1 fully saturated rings. The molecular formula is C23H25N5O. The normalized spacial score (nSPS) is 14.0. The number of hydrogen-bond acceptors (Lipinski definition) is 5. The van der Waals surface area contributed by atoms with E-state index in [0.29, 0.717) is 11.5 Å². The van der Waals surface area contributed by atoms with Crippen molar-refractivity contribution >= 4 is 23.1 Å². The molecule has 4 rings (SSSR count). The van der Waals surface area contributed by atoms with Crippen molar-refractivity contribution in [3.63, 3.8) is 0 Å². The van der Waals surface area contributed by atoms with E-state index < -0.39 is 0 Å². The number of para-hydroxylation sites is 1. The number of carbonyl (C=O) groups excluding carboxylic acids is 1. The van der Waals surface area contributed by atoms with Crippen LogP contribution in [0.1, 0.15) is 21.9 Å². The molecule has 0 bridgehead atoms. The molecule has 0 radical (unpaired) electrons. The monoisotopic (exact) mass is 387 g/mol. The number of piperazine rings is 1. The van der Waals surface area contributed by atoms with Gasteiger partial charge < -0.3 is 15.1 Å². The molecule has 1 saturated heterocycles. The van der Waals surface area contributed by atoms with Crippen LogP contribution in [0, 0.1) is 13.8 Å². The van der Waals surface area contributed by atoms with E-state index in [1.807, 2.05) is 44.2 Å². The van der Waals surface area contributed by atoms with Gasteiger partial charge in [-0.3, -0.25) is 4.79 Å². The highest BCUT2D eigenvalue weighted by Gasteiger charge is 2.20. The molecule has 2 aromatic carbocycles. The van der Waals surface area contributed by atoms with Crippen molar-refractivity contribution in [1.29, 1.82) is 0 Å². The number of anilines is 3. The zero-order valence-electron chi connectivity index (χ0n) is 16.8. The summed E-state index contributed by atoms with van der Waals surface area (Å²) in [7, 11) is 0. The van der Waals surface area contributed by atoms with Crippen LogP contribution in [0.2, 0.25) is 0 Å². The molecule has 0 unspecified atom stereocenters. The van der Waals surface area contributed by atoms with Crippen LogP contribution in [0.25, 0.3) is 0 Å². The molecule has 6 nitrogen and oxygen atoms in total. The van der Waals surface area contributed by atoms with Gasteiger partial charge in [0.2, 0.25) is 0 Å². The molecule has 0 atom stereocenters. The van der Waals surface area contributed by atoms with E-state index >= 15 is 0 Å². The van der Waals surface area contributed by atoms with Crippen LogP contribution in [-0.2, 0) is 0 Å². The van der Waals surface area contributed by atoms with E-state index in [1.165, 1.54) is 5.69 Å². The van der Waals surface area contributed by atoms with Crippen LogP contribution in [0.5, 0.6) is 0 Å². The molecule has 1 amide bonds. The van der Waals surface area contributed by atoms with E-state index in [1.54, 1.807) is 6.07 Å². The second-order valence-electron chi connectivity index (χ2n) is 7.29. The van der Waals surface area contributed by atoms with Crippen molar-refractivity contribution in [3.8, 4) is 0 Å².